The summed E-state index contributed by atoms with van der Waals surface area (Å²) in [6, 6.07) is 8.77. The van der Waals surface area contributed by atoms with E-state index in [0.29, 0.717) is 0 Å². The number of nitrogens with zero attached hydrogens (tertiary/aromatic N) is 3. The first-order valence-electron chi connectivity index (χ1n) is 7.90. The Balaban J connectivity index is 1.66. The number of hydrogen-bond donors (Lipinski definition) is 0. The molecule has 0 saturated carbocycles. The maximum Gasteiger partial charge on any atom is 0.0736 e. The van der Waals surface area contributed by atoms with Crippen LogP contribution in [-0.2, 0) is 11.3 Å². The van der Waals surface area contributed by atoms with Gasteiger partial charge < -0.3 is 4.74 Å². The number of pyridine rings is 1. The molecule has 4 nitrogen and oxygen atoms in total. The first-order chi connectivity index (χ1) is 11.3. The molecule has 0 aliphatic carbocycles. The van der Waals surface area contributed by atoms with Crippen molar-refractivity contribution in [3.8, 4) is 11.3 Å². The lowest BCUT2D eigenvalue weighted by Gasteiger charge is -2.26. The molecule has 0 amide bonds. The minimum Gasteiger partial charge on any atom is -0.379 e. The first-order valence-corrected chi connectivity index (χ1v) is 8.73. The van der Waals surface area contributed by atoms with E-state index in [1.807, 2.05) is 11.6 Å². The van der Waals surface area contributed by atoms with Crippen LogP contribution in [0.2, 0.25) is 0 Å². The Kier molecular flexibility index (Phi) is 4.08. The van der Waals surface area contributed by atoms with E-state index in [-0.39, 0.29) is 0 Å². The van der Waals surface area contributed by atoms with Crippen molar-refractivity contribution in [3.63, 3.8) is 0 Å². The van der Waals surface area contributed by atoms with Crippen molar-refractivity contribution in [3.05, 3.63) is 47.0 Å². The van der Waals surface area contributed by atoms with Gasteiger partial charge in [-0.1, -0.05) is 6.07 Å². The van der Waals surface area contributed by atoms with Gasteiger partial charge in [0.1, 0.15) is 0 Å². The molecular weight excluding hydrogens is 306 g/mol. The van der Waals surface area contributed by atoms with E-state index in [0.717, 1.165) is 49.6 Å². The number of aromatic nitrogens is 2. The Morgan fingerprint density at radius 2 is 2.09 bits per heavy atom. The molecule has 1 aliphatic heterocycles. The summed E-state index contributed by atoms with van der Waals surface area (Å²) in [4.78, 5) is 7.24. The predicted octanol–water partition coefficient (Wildman–Crippen LogP) is 3.50. The molecule has 3 aromatic rings. The van der Waals surface area contributed by atoms with Crippen molar-refractivity contribution in [2.45, 2.75) is 13.5 Å². The molecule has 0 bridgehead atoms. The zero-order chi connectivity index (χ0) is 15.6. The Morgan fingerprint density at radius 3 is 2.87 bits per heavy atom. The van der Waals surface area contributed by atoms with Gasteiger partial charge in [0, 0.05) is 36.0 Å². The van der Waals surface area contributed by atoms with E-state index in [4.69, 9.17) is 9.72 Å². The molecule has 0 atom stereocenters. The molecule has 0 N–H and O–H groups in total. The van der Waals surface area contributed by atoms with E-state index in [2.05, 4.69) is 40.5 Å². The van der Waals surface area contributed by atoms with Gasteiger partial charge in [-0.15, -0.1) is 0 Å². The van der Waals surface area contributed by atoms with Gasteiger partial charge >= 0.3 is 0 Å². The molecule has 1 aliphatic rings. The topological polar surface area (TPSA) is 38.2 Å². The molecule has 3 heterocycles. The molecule has 23 heavy (non-hydrogen) atoms. The third-order valence-corrected chi connectivity index (χ3v) is 4.90. The van der Waals surface area contributed by atoms with Crippen LogP contribution in [0.1, 0.15) is 11.1 Å². The molecule has 0 unspecified atom stereocenters. The quantitative estimate of drug-likeness (QED) is 0.739. The first kappa shape index (κ1) is 14.8. The van der Waals surface area contributed by atoms with Gasteiger partial charge in [0.2, 0.25) is 0 Å². The highest BCUT2D eigenvalue weighted by Gasteiger charge is 2.12. The maximum absolute atomic E-state index is 5.42. The summed E-state index contributed by atoms with van der Waals surface area (Å²) >= 11 is 1.46. The lowest BCUT2D eigenvalue weighted by molar-refractivity contribution is 0.0342. The third-order valence-electron chi connectivity index (χ3n) is 4.32. The second kappa shape index (κ2) is 6.35. The van der Waals surface area contributed by atoms with Crippen molar-refractivity contribution >= 4 is 22.4 Å². The standard InChI is InChI=1S/C18H19N3OS/c1-13-8-18(15-10-19-23-12-15)20-17-3-2-14(9-16(13)17)11-21-4-6-22-7-5-21/h2-3,8-10,12H,4-7,11H2,1H3. The number of rotatable bonds is 3. The molecule has 118 valence electrons. The third kappa shape index (κ3) is 3.13. The van der Waals surface area contributed by atoms with Crippen LogP contribution >= 0.6 is 11.5 Å². The van der Waals surface area contributed by atoms with Crippen LogP contribution < -0.4 is 0 Å². The number of ether oxygens (including phenoxy) is 1. The van der Waals surface area contributed by atoms with Gasteiger partial charge in [0.15, 0.2) is 0 Å². The Bertz CT molecular complexity index is 810. The molecule has 1 aromatic carbocycles. The smallest absolute Gasteiger partial charge is 0.0736 e. The van der Waals surface area contributed by atoms with Crippen LogP contribution in [0.5, 0.6) is 0 Å². The molecule has 5 heteroatoms. The highest BCUT2D eigenvalue weighted by Crippen LogP contribution is 2.26. The SMILES string of the molecule is Cc1cc(-c2cnsc2)nc2ccc(CN3CCOCC3)cc12. The monoisotopic (exact) mass is 325 g/mol. The van der Waals surface area contributed by atoms with Crippen LogP contribution in [0.15, 0.2) is 35.8 Å². The zero-order valence-corrected chi connectivity index (χ0v) is 14.0. The summed E-state index contributed by atoms with van der Waals surface area (Å²) in [7, 11) is 0. The van der Waals surface area contributed by atoms with Crippen molar-refractivity contribution in [2.24, 2.45) is 0 Å². The lowest BCUT2D eigenvalue weighted by atomic mass is 10.0. The highest BCUT2D eigenvalue weighted by atomic mass is 32.1. The average Bonchev–Trinajstić information content (AvgIpc) is 3.11. The van der Waals surface area contributed by atoms with E-state index in [1.165, 1.54) is 28.0 Å². The summed E-state index contributed by atoms with van der Waals surface area (Å²) < 4.78 is 9.59. The number of aryl methyl sites for hydroxylation is 1. The van der Waals surface area contributed by atoms with E-state index >= 15 is 0 Å². The minimum absolute atomic E-state index is 0.839. The molecule has 1 fully saturated rings. The molecule has 0 radical (unpaired) electrons. The van der Waals surface area contributed by atoms with Crippen LogP contribution in [0, 0.1) is 6.92 Å². The Morgan fingerprint density at radius 1 is 1.22 bits per heavy atom. The van der Waals surface area contributed by atoms with Gasteiger partial charge in [-0.25, -0.2) is 9.36 Å². The second-order valence-electron chi connectivity index (χ2n) is 5.98. The van der Waals surface area contributed by atoms with Gasteiger partial charge in [-0.2, -0.15) is 0 Å². The zero-order valence-electron chi connectivity index (χ0n) is 13.2. The van der Waals surface area contributed by atoms with E-state index in [1.54, 1.807) is 0 Å². The molecular formula is C18H19N3OS. The van der Waals surface area contributed by atoms with Crippen LogP contribution in [0.4, 0.5) is 0 Å². The Labute approximate surface area is 139 Å². The average molecular weight is 325 g/mol. The van der Waals surface area contributed by atoms with Crippen molar-refractivity contribution in [1.82, 2.24) is 14.3 Å². The molecule has 4 rings (SSSR count). The normalized spacial score (nSPS) is 16.0. The van der Waals surface area contributed by atoms with E-state index in [9.17, 15) is 0 Å². The molecule has 0 spiro atoms. The van der Waals surface area contributed by atoms with Gasteiger partial charge in [-0.05, 0) is 47.8 Å². The summed E-state index contributed by atoms with van der Waals surface area (Å²) in [6.07, 6.45) is 1.88. The molecule has 2 aromatic heterocycles. The number of morpholine rings is 1. The fraction of sp³-hybridized carbons (Fsp3) is 0.333. The molecule has 1 saturated heterocycles. The maximum atomic E-state index is 5.42. The summed E-state index contributed by atoms with van der Waals surface area (Å²) in [5, 5.41) is 3.28. The minimum atomic E-state index is 0.839. The van der Waals surface area contributed by atoms with Crippen molar-refractivity contribution in [2.75, 3.05) is 26.3 Å². The van der Waals surface area contributed by atoms with Gasteiger partial charge in [0.25, 0.3) is 0 Å². The Hall–Kier alpha value is -1.82. The lowest BCUT2D eigenvalue weighted by Crippen LogP contribution is -2.35. The summed E-state index contributed by atoms with van der Waals surface area (Å²) in [5.74, 6) is 0. The fourth-order valence-electron chi connectivity index (χ4n) is 3.04. The van der Waals surface area contributed by atoms with Gasteiger partial charge in [-0.3, -0.25) is 4.90 Å². The van der Waals surface area contributed by atoms with Crippen molar-refractivity contribution < 1.29 is 4.74 Å². The van der Waals surface area contributed by atoms with E-state index < -0.39 is 0 Å². The van der Waals surface area contributed by atoms with Crippen LogP contribution in [-0.4, -0.2) is 40.6 Å². The van der Waals surface area contributed by atoms with Crippen LogP contribution in [0.25, 0.3) is 22.2 Å². The summed E-state index contributed by atoms with van der Waals surface area (Å²) in [6.45, 7) is 6.85. The number of fused-ring (bicyclic) bond motifs is 1. The van der Waals surface area contributed by atoms with Crippen molar-refractivity contribution in [1.29, 1.82) is 0 Å². The number of benzene rings is 1. The van der Waals surface area contributed by atoms with Gasteiger partial charge in [0.05, 0.1) is 30.6 Å². The van der Waals surface area contributed by atoms with Crippen LogP contribution in [0.3, 0.4) is 0 Å². The largest absolute Gasteiger partial charge is 0.379 e. The number of hydrogen-bond acceptors (Lipinski definition) is 5. The predicted molar refractivity (Wildman–Crippen MR) is 93.7 cm³/mol. The second-order valence-corrected chi connectivity index (χ2v) is 6.63. The highest BCUT2D eigenvalue weighted by molar-refractivity contribution is 7.03. The fourth-order valence-corrected chi connectivity index (χ4v) is 3.57. The summed E-state index contributed by atoms with van der Waals surface area (Å²) in [5.41, 5.74) is 5.76.